The van der Waals surface area contributed by atoms with E-state index in [4.69, 9.17) is 9.47 Å². The number of pyridine rings is 1. The predicted octanol–water partition coefficient (Wildman–Crippen LogP) is 3.61. The molecular formula is C21H26N2O4. The molecule has 0 radical (unpaired) electrons. The van der Waals surface area contributed by atoms with Crippen molar-refractivity contribution in [3.63, 3.8) is 0 Å². The van der Waals surface area contributed by atoms with Crippen molar-refractivity contribution in [2.45, 2.75) is 52.2 Å². The number of ether oxygens (including phenoxy) is 2. The number of aromatic amines is 1. The van der Waals surface area contributed by atoms with Crippen LogP contribution in [0.4, 0.5) is 4.79 Å². The van der Waals surface area contributed by atoms with Gasteiger partial charge in [0.25, 0.3) is 5.56 Å². The van der Waals surface area contributed by atoms with Crippen molar-refractivity contribution < 1.29 is 14.3 Å². The number of nitrogens with one attached hydrogen (secondary N) is 1. The van der Waals surface area contributed by atoms with Crippen molar-refractivity contribution >= 4 is 16.9 Å². The molecule has 1 aromatic carbocycles. The number of amides is 1. The summed E-state index contributed by atoms with van der Waals surface area (Å²) in [5.41, 5.74) is 0.554. The SMILES string of the molecule is Cc1ccc(OC2CC3(C2)CN(C(=O)OC(C)(C)C)C3)c2cc[nH]c(=O)c12. The summed E-state index contributed by atoms with van der Waals surface area (Å²) in [7, 11) is 0. The van der Waals surface area contributed by atoms with Crippen molar-refractivity contribution in [2.24, 2.45) is 5.41 Å². The highest BCUT2D eigenvalue weighted by atomic mass is 16.6. The van der Waals surface area contributed by atoms with Crippen LogP contribution in [0.2, 0.25) is 0 Å². The molecule has 4 rings (SSSR count). The van der Waals surface area contributed by atoms with E-state index < -0.39 is 5.60 Å². The molecule has 144 valence electrons. The molecule has 0 bridgehead atoms. The van der Waals surface area contributed by atoms with Gasteiger partial charge in [-0.1, -0.05) is 6.07 Å². The predicted molar refractivity (Wildman–Crippen MR) is 103 cm³/mol. The molecule has 1 saturated carbocycles. The fraction of sp³-hybridized carbons (Fsp3) is 0.524. The zero-order valence-electron chi connectivity index (χ0n) is 16.3. The number of nitrogens with zero attached hydrogens (tertiary/aromatic N) is 1. The Hall–Kier alpha value is -2.50. The van der Waals surface area contributed by atoms with E-state index in [0.29, 0.717) is 5.39 Å². The highest BCUT2D eigenvalue weighted by molar-refractivity contribution is 5.90. The number of rotatable bonds is 2. The van der Waals surface area contributed by atoms with Crippen LogP contribution in [0.15, 0.2) is 29.2 Å². The normalized spacial score (nSPS) is 18.9. The van der Waals surface area contributed by atoms with E-state index in [1.54, 1.807) is 11.1 Å². The van der Waals surface area contributed by atoms with E-state index in [9.17, 15) is 9.59 Å². The number of carbonyl (C=O) groups excluding carboxylic acids is 1. The Kier molecular flexibility index (Phi) is 3.98. The molecule has 0 unspecified atom stereocenters. The van der Waals surface area contributed by atoms with E-state index >= 15 is 0 Å². The average Bonchev–Trinajstić information content (AvgIpc) is 2.48. The first kappa shape index (κ1) is 17.9. The minimum Gasteiger partial charge on any atom is -0.490 e. The highest BCUT2D eigenvalue weighted by Gasteiger charge is 2.55. The van der Waals surface area contributed by atoms with Crippen LogP contribution >= 0.6 is 0 Å². The second kappa shape index (κ2) is 6.01. The lowest BCUT2D eigenvalue weighted by atomic mass is 9.62. The minimum atomic E-state index is -0.463. The Morgan fingerprint density at radius 3 is 2.59 bits per heavy atom. The lowest BCUT2D eigenvalue weighted by molar-refractivity contribution is -0.116. The molecule has 6 heteroatoms. The van der Waals surface area contributed by atoms with E-state index in [0.717, 1.165) is 42.6 Å². The van der Waals surface area contributed by atoms with Gasteiger partial charge in [-0.05, 0) is 58.2 Å². The maximum atomic E-state index is 12.1. The molecule has 6 nitrogen and oxygen atoms in total. The summed E-state index contributed by atoms with van der Waals surface area (Å²) in [5, 5.41) is 1.53. The molecule has 27 heavy (non-hydrogen) atoms. The summed E-state index contributed by atoms with van der Waals surface area (Å²) in [5.74, 6) is 0.755. The molecular weight excluding hydrogens is 344 g/mol. The van der Waals surface area contributed by atoms with Crippen LogP contribution in [0.3, 0.4) is 0 Å². The van der Waals surface area contributed by atoms with Crippen LogP contribution in [0.1, 0.15) is 39.2 Å². The summed E-state index contributed by atoms with van der Waals surface area (Å²) in [4.78, 5) is 28.7. The summed E-state index contributed by atoms with van der Waals surface area (Å²) in [6.07, 6.45) is 3.39. The van der Waals surface area contributed by atoms with E-state index in [1.807, 2.05) is 45.9 Å². The third-order valence-electron chi connectivity index (χ3n) is 5.42. The molecule has 1 aliphatic heterocycles. The third kappa shape index (κ3) is 3.29. The van der Waals surface area contributed by atoms with Gasteiger partial charge >= 0.3 is 6.09 Å². The van der Waals surface area contributed by atoms with Gasteiger partial charge in [0.05, 0.1) is 5.39 Å². The zero-order chi connectivity index (χ0) is 19.4. The maximum absolute atomic E-state index is 12.1. The molecule has 2 aliphatic rings. The standard InChI is InChI=1S/C21H26N2O4/c1-13-5-6-16(15-7-8-22-18(24)17(13)15)26-14-9-21(10-14)11-23(12-21)19(25)27-20(2,3)4/h5-8,14H,9-12H2,1-4H3,(H,22,24). The van der Waals surface area contributed by atoms with Crippen LogP contribution in [-0.4, -0.2) is 40.8 Å². The van der Waals surface area contributed by atoms with E-state index in [1.165, 1.54) is 0 Å². The van der Waals surface area contributed by atoms with Gasteiger partial charge in [-0.25, -0.2) is 4.79 Å². The van der Waals surface area contributed by atoms with Crippen molar-refractivity contribution in [3.05, 3.63) is 40.3 Å². The van der Waals surface area contributed by atoms with Gasteiger partial charge in [0.1, 0.15) is 17.5 Å². The van der Waals surface area contributed by atoms with Gasteiger partial charge in [-0.15, -0.1) is 0 Å². The summed E-state index contributed by atoms with van der Waals surface area (Å²) in [6.45, 7) is 9.03. The number of H-pyrrole nitrogens is 1. The fourth-order valence-corrected chi connectivity index (χ4v) is 4.20. The lowest BCUT2D eigenvalue weighted by Gasteiger charge is -2.58. The number of hydrogen-bond donors (Lipinski definition) is 1. The molecule has 1 saturated heterocycles. The first-order valence-corrected chi connectivity index (χ1v) is 9.41. The van der Waals surface area contributed by atoms with Crippen LogP contribution < -0.4 is 10.3 Å². The topological polar surface area (TPSA) is 71.6 Å². The molecule has 2 heterocycles. The molecule has 2 fully saturated rings. The van der Waals surface area contributed by atoms with E-state index in [2.05, 4.69) is 4.98 Å². The van der Waals surface area contributed by atoms with Gasteiger partial charge in [-0.3, -0.25) is 4.79 Å². The van der Waals surface area contributed by atoms with Crippen LogP contribution in [0.5, 0.6) is 5.75 Å². The Labute approximate surface area is 158 Å². The van der Waals surface area contributed by atoms with Crippen molar-refractivity contribution in [1.29, 1.82) is 0 Å². The van der Waals surface area contributed by atoms with Gasteiger partial charge in [0.2, 0.25) is 0 Å². The average molecular weight is 370 g/mol. The number of hydrogen-bond acceptors (Lipinski definition) is 4. The smallest absolute Gasteiger partial charge is 0.410 e. The third-order valence-corrected chi connectivity index (χ3v) is 5.42. The number of likely N-dealkylation sites (tertiary alicyclic amines) is 1. The van der Waals surface area contributed by atoms with Crippen molar-refractivity contribution in [3.8, 4) is 5.75 Å². The Morgan fingerprint density at radius 2 is 1.93 bits per heavy atom. The second-order valence-corrected chi connectivity index (χ2v) is 8.96. The van der Waals surface area contributed by atoms with Crippen LogP contribution in [0, 0.1) is 12.3 Å². The van der Waals surface area contributed by atoms with Crippen molar-refractivity contribution in [1.82, 2.24) is 9.88 Å². The minimum absolute atomic E-state index is 0.0903. The Bertz CT molecular complexity index is 943. The first-order chi connectivity index (χ1) is 12.7. The first-order valence-electron chi connectivity index (χ1n) is 9.41. The highest BCUT2D eigenvalue weighted by Crippen LogP contribution is 2.50. The van der Waals surface area contributed by atoms with Gasteiger partial charge < -0.3 is 19.4 Å². The van der Waals surface area contributed by atoms with Crippen LogP contribution in [-0.2, 0) is 4.74 Å². The lowest BCUT2D eigenvalue weighted by Crippen LogP contribution is -2.66. The molecule has 1 spiro atoms. The molecule has 0 atom stereocenters. The quantitative estimate of drug-likeness (QED) is 0.876. The second-order valence-electron chi connectivity index (χ2n) is 8.96. The monoisotopic (exact) mass is 370 g/mol. The van der Waals surface area contributed by atoms with E-state index in [-0.39, 0.29) is 23.2 Å². The molecule has 2 aromatic rings. The summed E-state index contributed by atoms with van der Waals surface area (Å²) >= 11 is 0. The fourth-order valence-electron chi connectivity index (χ4n) is 4.20. The number of benzene rings is 1. The molecule has 1 N–H and O–H groups in total. The molecule has 1 aromatic heterocycles. The summed E-state index contributed by atoms with van der Waals surface area (Å²) < 4.78 is 11.6. The summed E-state index contributed by atoms with van der Waals surface area (Å²) in [6, 6.07) is 5.76. The Morgan fingerprint density at radius 1 is 1.22 bits per heavy atom. The van der Waals surface area contributed by atoms with Crippen LogP contribution in [0.25, 0.3) is 10.8 Å². The number of aryl methyl sites for hydroxylation is 1. The van der Waals surface area contributed by atoms with Crippen molar-refractivity contribution in [2.75, 3.05) is 13.1 Å². The van der Waals surface area contributed by atoms with Gasteiger partial charge in [0.15, 0.2) is 0 Å². The molecule has 1 aliphatic carbocycles. The van der Waals surface area contributed by atoms with Gasteiger partial charge in [0, 0.05) is 30.1 Å². The Balaban J connectivity index is 1.38. The number of fused-ring (bicyclic) bond motifs is 1. The van der Waals surface area contributed by atoms with Gasteiger partial charge in [-0.2, -0.15) is 0 Å². The largest absolute Gasteiger partial charge is 0.490 e. The zero-order valence-corrected chi connectivity index (χ0v) is 16.3. The maximum Gasteiger partial charge on any atom is 0.410 e. The number of carbonyl (C=O) groups is 1. The molecule has 1 amide bonds. The number of aromatic nitrogens is 1.